The zero-order valence-electron chi connectivity index (χ0n) is 13.5. The summed E-state index contributed by atoms with van der Waals surface area (Å²) in [6.45, 7) is 7.34. The molecule has 1 heterocycles. The van der Waals surface area contributed by atoms with E-state index in [0.29, 0.717) is 16.8 Å². The molecule has 1 aromatic heterocycles. The van der Waals surface area contributed by atoms with Crippen molar-refractivity contribution >= 4 is 5.82 Å². The highest BCUT2D eigenvalue weighted by Gasteiger charge is 2.27. The van der Waals surface area contributed by atoms with E-state index in [1.54, 1.807) is 0 Å². The Hall–Kier alpha value is -1.63. The second-order valence-electron chi connectivity index (χ2n) is 6.39. The van der Waals surface area contributed by atoms with Crippen LogP contribution in [-0.4, -0.2) is 16.7 Å². The van der Waals surface area contributed by atoms with Crippen LogP contribution in [0.25, 0.3) is 0 Å². The molecule has 0 unspecified atom stereocenters. The van der Waals surface area contributed by atoms with Crippen molar-refractivity contribution < 1.29 is 0 Å². The Morgan fingerprint density at radius 3 is 2.43 bits per heavy atom. The first-order valence-corrected chi connectivity index (χ1v) is 8.16. The highest BCUT2D eigenvalue weighted by Crippen LogP contribution is 2.36. The second-order valence-corrected chi connectivity index (χ2v) is 6.39. The van der Waals surface area contributed by atoms with Gasteiger partial charge in [0.05, 0.1) is 5.69 Å². The fourth-order valence-corrected chi connectivity index (χ4v) is 3.30. The molecule has 21 heavy (non-hydrogen) atoms. The van der Waals surface area contributed by atoms with Crippen LogP contribution in [0, 0.1) is 16.7 Å². The Kier molecular flexibility index (Phi) is 5.17. The molecule has 1 saturated carbocycles. The third-order valence-electron chi connectivity index (χ3n) is 4.70. The van der Waals surface area contributed by atoms with Gasteiger partial charge in [0.2, 0.25) is 0 Å². The van der Waals surface area contributed by atoms with Crippen molar-refractivity contribution in [3.63, 3.8) is 0 Å². The summed E-state index contributed by atoms with van der Waals surface area (Å²) in [6, 6.07) is 2.33. The molecular weight excluding hydrogens is 260 g/mol. The molecule has 0 radical (unpaired) electrons. The van der Waals surface area contributed by atoms with Crippen molar-refractivity contribution in [3.8, 4) is 6.07 Å². The van der Waals surface area contributed by atoms with Gasteiger partial charge in [-0.3, -0.25) is 0 Å². The van der Waals surface area contributed by atoms with Crippen molar-refractivity contribution in [2.45, 2.75) is 65.7 Å². The molecule has 1 aliphatic rings. The molecule has 4 nitrogen and oxygen atoms in total. The summed E-state index contributed by atoms with van der Waals surface area (Å²) in [4.78, 5) is 0. The molecule has 0 atom stereocenters. The van der Waals surface area contributed by atoms with Gasteiger partial charge in [0.25, 0.3) is 0 Å². The monoisotopic (exact) mass is 286 g/mol. The average molecular weight is 286 g/mol. The van der Waals surface area contributed by atoms with Crippen LogP contribution in [0.4, 0.5) is 5.82 Å². The molecule has 0 spiro atoms. The van der Waals surface area contributed by atoms with Gasteiger partial charge in [-0.05, 0) is 36.7 Å². The Balaban J connectivity index is 2.18. The van der Waals surface area contributed by atoms with E-state index in [1.165, 1.54) is 32.1 Å². The smallest absolute Gasteiger partial charge is 0.166 e. The molecule has 114 valence electrons. The van der Waals surface area contributed by atoms with E-state index >= 15 is 0 Å². The predicted octanol–water partition coefficient (Wildman–Crippen LogP) is 3.86. The lowest BCUT2D eigenvalue weighted by Gasteiger charge is -2.33. The van der Waals surface area contributed by atoms with Gasteiger partial charge in [-0.15, -0.1) is 5.10 Å². The van der Waals surface area contributed by atoms with Crippen LogP contribution >= 0.6 is 0 Å². The average Bonchev–Trinajstić information content (AvgIpc) is 2.52. The maximum atomic E-state index is 9.49. The van der Waals surface area contributed by atoms with Crippen LogP contribution in [0.1, 0.15) is 69.7 Å². The molecule has 1 fully saturated rings. The van der Waals surface area contributed by atoms with Crippen LogP contribution in [0.3, 0.4) is 0 Å². The van der Waals surface area contributed by atoms with Gasteiger partial charge in [0, 0.05) is 6.54 Å². The molecule has 0 saturated heterocycles. The van der Waals surface area contributed by atoms with Gasteiger partial charge in [0.1, 0.15) is 11.6 Å². The Morgan fingerprint density at radius 1 is 1.14 bits per heavy atom. The first-order chi connectivity index (χ1) is 10.1. The molecule has 1 N–H and O–H groups in total. The van der Waals surface area contributed by atoms with Gasteiger partial charge in [-0.1, -0.05) is 40.0 Å². The number of hydrogen-bond donors (Lipinski definition) is 1. The number of hydrogen-bond acceptors (Lipinski definition) is 4. The standard InChI is InChI=1S/C17H26N4/c1-4-13-14(11-18)16(21-20-15(13)5-2)19-12-17(3)9-7-6-8-10-17/h4-10,12H2,1-3H3,(H,19,21). The molecule has 4 heteroatoms. The van der Waals surface area contributed by atoms with Crippen molar-refractivity contribution in [2.75, 3.05) is 11.9 Å². The van der Waals surface area contributed by atoms with E-state index in [4.69, 9.17) is 0 Å². The third-order valence-corrected chi connectivity index (χ3v) is 4.70. The van der Waals surface area contributed by atoms with Gasteiger partial charge < -0.3 is 5.32 Å². The van der Waals surface area contributed by atoms with Gasteiger partial charge in [0.15, 0.2) is 5.82 Å². The predicted molar refractivity (Wildman–Crippen MR) is 85.2 cm³/mol. The lowest BCUT2D eigenvalue weighted by molar-refractivity contribution is 0.233. The Bertz CT molecular complexity index is 524. The highest BCUT2D eigenvalue weighted by atomic mass is 15.2. The molecule has 2 rings (SSSR count). The number of aromatic nitrogens is 2. The third kappa shape index (κ3) is 3.53. The Morgan fingerprint density at radius 2 is 1.86 bits per heavy atom. The van der Waals surface area contributed by atoms with Crippen LogP contribution in [-0.2, 0) is 12.8 Å². The molecule has 0 amide bonds. The summed E-state index contributed by atoms with van der Waals surface area (Å²) in [6.07, 6.45) is 8.13. The summed E-state index contributed by atoms with van der Waals surface area (Å²) in [5.41, 5.74) is 3.00. The minimum Gasteiger partial charge on any atom is -0.367 e. The summed E-state index contributed by atoms with van der Waals surface area (Å²) in [5, 5.41) is 21.5. The van der Waals surface area contributed by atoms with Crippen LogP contribution in [0.15, 0.2) is 0 Å². The molecule has 1 aliphatic carbocycles. The SMILES string of the molecule is CCc1nnc(NCC2(C)CCCCC2)c(C#N)c1CC. The first kappa shape index (κ1) is 15.8. The summed E-state index contributed by atoms with van der Waals surface area (Å²) >= 11 is 0. The van der Waals surface area contributed by atoms with Crippen molar-refractivity contribution in [2.24, 2.45) is 5.41 Å². The molecule has 0 bridgehead atoms. The van der Waals surface area contributed by atoms with Crippen molar-refractivity contribution in [3.05, 3.63) is 16.8 Å². The molecule has 0 aliphatic heterocycles. The lowest BCUT2D eigenvalue weighted by atomic mass is 9.76. The Labute approximate surface area is 128 Å². The van der Waals surface area contributed by atoms with E-state index in [9.17, 15) is 5.26 Å². The maximum absolute atomic E-state index is 9.49. The largest absolute Gasteiger partial charge is 0.367 e. The minimum atomic E-state index is 0.322. The van der Waals surface area contributed by atoms with Gasteiger partial charge in [-0.25, -0.2) is 0 Å². The van der Waals surface area contributed by atoms with E-state index < -0.39 is 0 Å². The number of nitriles is 1. The van der Waals surface area contributed by atoms with Gasteiger partial charge in [-0.2, -0.15) is 10.4 Å². The van der Waals surface area contributed by atoms with E-state index in [-0.39, 0.29) is 0 Å². The number of anilines is 1. The maximum Gasteiger partial charge on any atom is 0.166 e. The summed E-state index contributed by atoms with van der Waals surface area (Å²) in [7, 11) is 0. The normalized spacial score (nSPS) is 17.2. The zero-order chi connectivity index (χ0) is 15.3. The van der Waals surface area contributed by atoms with E-state index in [0.717, 1.165) is 30.6 Å². The van der Waals surface area contributed by atoms with Crippen LogP contribution in [0.5, 0.6) is 0 Å². The highest BCUT2D eigenvalue weighted by molar-refractivity contribution is 5.56. The van der Waals surface area contributed by atoms with E-state index in [2.05, 4.69) is 42.4 Å². The van der Waals surface area contributed by atoms with E-state index in [1.807, 2.05) is 0 Å². The number of aryl methyl sites for hydroxylation is 1. The lowest BCUT2D eigenvalue weighted by Crippen LogP contribution is -2.29. The van der Waals surface area contributed by atoms with Crippen molar-refractivity contribution in [1.29, 1.82) is 5.26 Å². The fourth-order valence-electron chi connectivity index (χ4n) is 3.30. The number of nitrogens with one attached hydrogen (secondary N) is 1. The zero-order valence-corrected chi connectivity index (χ0v) is 13.5. The topological polar surface area (TPSA) is 61.6 Å². The summed E-state index contributed by atoms with van der Waals surface area (Å²) in [5.74, 6) is 0.665. The molecule has 1 aromatic rings. The second kappa shape index (κ2) is 6.89. The van der Waals surface area contributed by atoms with Crippen LogP contribution < -0.4 is 5.32 Å². The van der Waals surface area contributed by atoms with Gasteiger partial charge >= 0.3 is 0 Å². The molecule has 0 aromatic carbocycles. The minimum absolute atomic E-state index is 0.322. The fraction of sp³-hybridized carbons (Fsp3) is 0.706. The number of rotatable bonds is 5. The van der Waals surface area contributed by atoms with Crippen LogP contribution in [0.2, 0.25) is 0 Å². The number of nitrogens with zero attached hydrogens (tertiary/aromatic N) is 3. The first-order valence-electron chi connectivity index (χ1n) is 8.16. The van der Waals surface area contributed by atoms with Crippen molar-refractivity contribution in [1.82, 2.24) is 10.2 Å². The molecular formula is C17H26N4. The quantitative estimate of drug-likeness (QED) is 0.893. The summed E-state index contributed by atoms with van der Waals surface area (Å²) < 4.78 is 0.